The molecule has 1 aromatic heterocycles. The van der Waals surface area contributed by atoms with Crippen molar-refractivity contribution in [2.24, 2.45) is 0 Å². The molecule has 1 aliphatic rings. The van der Waals surface area contributed by atoms with E-state index >= 15 is 0 Å². The highest BCUT2D eigenvalue weighted by Gasteiger charge is 2.38. The summed E-state index contributed by atoms with van der Waals surface area (Å²) in [5, 5.41) is 2.72. The Morgan fingerprint density at radius 2 is 1.74 bits per heavy atom. The summed E-state index contributed by atoms with van der Waals surface area (Å²) < 4.78 is 80.6. The van der Waals surface area contributed by atoms with Gasteiger partial charge in [-0.3, -0.25) is 4.79 Å². The number of nitrogens with one attached hydrogen (secondary N) is 1. The van der Waals surface area contributed by atoms with Crippen molar-refractivity contribution in [1.29, 1.82) is 0 Å². The van der Waals surface area contributed by atoms with E-state index in [2.05, 4.69) is 10.3 Å². The van der Waals surface area contributed by atoms with Gasteiger partial charge in [-0.05, 0) is 44.3 Å². The molecule has 2 aromatic rings. The fourth-order valence-electron chi connectivity index (χ4n) is 3.52. The number of nitrogens with zero attached hydrogens (tertiary/aromatic N) is 3. The second-order valence-corrected chi connectivity index (χ2v) is 7.83. The van der Waals surface area contributed by atoms with Crippen LogP contribution in [0.15, 0.2) is 24.4 Å². The van der Waals surface area contributed by atoms with Crippen LogP contribution in [0.5, 0.6) is 0 Å². The second kappa shape index (κ2) is 8.52. The summed E-state index contributed by atoms with van der Waals surface area (Å²) in [6, 6.07) is 1.68. The molecule has 1 amide bonds. The third kappa shape index (κ3) is 5.57. The first-order valence-corrected chi connectivity index (χ1v) is 9.63. The minimum absolute atomic E-state index is 0.0292. The first-order valence-electron chi connectivity index (χ1n) is 9.63. The molecular formula is C20H22F6N4O. The van der Waals surface area contributed by atoms with Gasteiger partial charge in [0.1, 0.15) is 11.5 Å². The van der Waals surface area contributed by atoms with E-state index in [-0.39, 0.29) is 29.8 Å². The molecule has 0 spiro atoms. The standard InChI is InChI=1S/C20H22F6N4O/c1-29(2)6-5-27-18(31)16-11-30-10-12(3-4-17(30)28-16)13-7-14(19(21,22)23)9-15(8-13)20(24,25)26/h7-9,11-12H,3-6,10H2,1-2H3,(H,27,31)/t12-/m0/s1. The summed E-state index contributed by atoms with van der Waals surface area (Å²) in [7, 11) is 3.72. The molecule has 0 radical (unpaired) electrons. The van der Waals surface area contributed by atoms with E-state index in [1.165, 1.54) is 6.20 Å². The number of hydrogen-bond acceptors (Lipinski definition) is 3. The third-order valence-electron chi connectivity index (χ3n) is 5.15. The van der Waals surface area contributed by atoms with Crippen LogP contribution in [0.4, 0.5) is 26.3 Å². The number of carbonyl (C=O) groups is 1. The molecule has 0 unspecified atom stereocenters. The molecule has 0 saturated heterocycles. The second-order valence-electron chi connectivity index (χ2n) is 7.83. The number of amides is 1. The molecule has 31 heavy (non-hydrogen) atoms. The zero-order valence-electron chi connectivity index (χ0n) is 16.9. The number of aromatic nitrogens is 2. The van der Waals surface area contributed by atoms with Gasteiger partial charge in [0, 0.05) is 38.2 Å². The molecule has 3 rings (SSSR count). The Balaban J connectivity index is 1.82. The summed E-state index contributed by atoms with van der Waals surface area (Å²) >= 11 is 0. The Labute approximate surface area is 175 Å². The first-order chi connectivity index (χ1) is 14.3. The molecule has 11 heteroatoms. The van der Waals surface area contributed by atoms with Crippen molar-refractivity contribution < 1.29 is 31.1 Å². The lowest BCUT2D eigenvalue weighted by Gasteiger charge is -2.25. The van der Waals surface area contributed by atoms with Gasteiger partial charge in [0.2, 0.25) is 0 Å². The molecule has 0 bridgehead atoms. The average Bonchev–Trinajstić information content (AvgIpc) is 3.09. The normalized spacial score (nSPS) is 17.0. The van der Waals surface area contributed by atoms with Gasteiger partial charge in [0.15, 0.2) is 0 Å². The Hall–Kier alpha value is -2.56. The molecule has 0 saturated carbocycles. The highest BCUT2D eigenvalue weighted by molar-refractivity contribution is 5.92. The number of imidazole rings is 1. The van der Waals surface area contributed by atoms with Crippen molar-refractivity contribution in [3.05, 3.63) is 52.6 Å². The molecule has 1 N–H and O–H groups in total. The van der Waals surface area contributed by atoms with Gasteiger partial charge < -0.3 is 14.8 Å². The molecular weight excluding hydrogens is 426 g/mol. The van der Waals surface area contributed by atoms with Gasteiger partial charge in [-0.1, -0.05) is 0 Å². The molecule has 1 atom stereocenters. The Morgan fingerprint density at radius 1 is 1.13 bits per heavy atom. The quantitative estimate of drug-likeness (QED) is 0.705. The Kier molecular flexibility index (Phi) is 6.35. The highest BCUT2D eigenvalue weighted by atomic mass is 19.4. The van der Waals surface area contributed by atoms with E-state index in [1.54, 1.807) is 4.57 Å². The topological polar surface area (TPSA) is 50.2 Å². The highest BCUT2D eigenvalue weighted by Crippen LogP contribution is 2.39. The maximum absolute atomic E-state index is 13.2. The minimum atomic E-state index is -4.89. The Morgan fingerprint density at radius 3 is 2.29 bits per heavy atom. The number of halogens is 6. The van der Waals surface area contributed by atoms with E-state index in [0.29, 0.717) is 31.8 Å². The number of rotatable bonds is 5. The first kappa shape index (κ1) is 23.1. The lowest BCUT2D eigenvalue weighted by Crippen LogP contribution is -2.31. The predicted molar refractivity (Wildman–Crippen MR) is 101 cm³/mol. The summed E-state index contributed by atoms with van der Waals surface area (Å²) in [5.74, 6) is -0.356. The number of benzene rings is 1. The van der Waals surface area contributed by atoms with Crippen LogP contribution >= 0.6 is 0 Å². The van der Waals surface area contributed by atoms with Gasteiger partial charge >= 0.3 is 12.4 Å². The molecule has 170 valence electrons. The summed E-state index contributed by atoms with van der Waals surface area (Å²) in [6.45, 7) is 1.20. The van der Waals surface area contributed by atoms with Crippen LogP contribution in [0.2, 0.25) is 0 Å². The summed E-state index contributed by atoms with van der Waals surface area (Å²) in [5.41, 5.74) is -2.50. The molecule has 0 aliphatic carbocycles. The van der Waals surface area contributed by atoms with Crippen LogP contribution in [0, 0.1) is 0 Å². The smallest absolute Gasteiger partial charge is 0.349 e. The van der Waals surface area contributed by atoms with E-state index in [1.807, 2.05) is 19.0 Å². The predicted octanol–water partition coefficient (Wildman–Crippen LogP) is 3.94. The van der Waals surface area contributed by atoms with Crippen LogP contribution in [-0.4, -0.2) is 47.5 Å². The lowest BCUT2D eigenvalue weighted by molar-refractivity contribution is -0.143. The molecule has 1 aromatic carbocycles. The van der Waals surface area contributed by atoms with Crippen molar-refractivity contribution >= 4 is 5.91 Å². The fraction of sp³-hybridized carbons (Fsp3) is 0.500. The number of carbonyl (C=O) groups excluding carboxylic acids is 1. The molecule has 5 nitrogen and oxygen atoms in total. The van der Waals surface area contributed by atoms with E-state index in [4.69, 9.17) is 0 Å². The van der Waals surface area contributed by atoms with Crippen molar-refractivity contribution in [2.45, 2.75) is 37.7 Å². The fourth-order valence-corrected chi connectivity index (χ4v) is 3.52. The van der Waals surface area contributed by atoms with Crippen molar-refractivity contribution in [3.63, 3.8) is 0 Å². The van der Waals surface area contributed by atoms with Gasteiger partial charge in [-0.25, -0.2) is 4.98 Å². The largest absolute Gasteiger partial charge is 0.416 e. The van der Waals surface area contributed by atoms with Crippen LogP contribution in [0.25, 0.3) is 0 Å². The Bertz CT molecular complexity index is 916. The van der Waals surface area contributed by atoms with E-state index < -0.39 is 29.4 Å². The van der Waals surface area contributed by atoms with Crippen LogP contribution in [0.1, 0.15) is 45.3 Å². The maximum atomic E-state index is 13.2. The van der Waals surface area contributed by atoms with Crippen LogP contribution in [-0.2, 0) is 25.3 Å². The third-order valence-corrected chi connectivity index (χ3v) is 5.15. The van der Waals surface area contributed by atoms with Crippen molar-refractivity contribution in [1.82, 2.24) is 19.8 Å². The van der Waals surface area contributed by atoms with E-state index in [0.717, 1.165) is 12.1 Å². The number of fused-ring (bicyclic) bond motifs is 1. The van der Waals surface area contributed by atoms with Gasteiger partial charge in [-0.15, -0.1) is 0 Å². The number of hydrogen-bond donors (Lipinski definition) is 1. The molecule has 2 heterocycles. The molecule has 0 fully saturated rings. The van der Waals surface area contributed by atoms with Crippen LogP contribution in [0.3, 0.4) is 0 Å². The zero-order valence-corrected chi connectivity index (χ0v) is 16.9. The van der Waals surface area contributed by atoms with Gasteiger partial charge in [0.25, 0.3) is 5.91 Å². The summed E-state index contributed by atoms with van der Waals surface area (Å²) in [6.07, 6.45) is -7.61. The van der Waals surface area contributed by atoms with E-state index in [9.17, 15) is 31.1 Å². The molecule has 1 aliphatic heterocycles. The van der Waals surface area contributed by atoms with Crippen molar-refractivity contribution in [3.8, 4) is 0 Å². The van der Waals surface area contributed by atoms with Crippen LogP contribution < -0.4 is 5.32 Å². The zero-order chi connectivity index (χ0) is 23.0. The van der Waals surface area contributed by atoms with Crippen molar-refractivity contribution in [2.75, 3.05) is 27.2 Å². The summed E-state index contributed by atoms with van der Waals surface area (Å²) in [4.78, 5) is 18.4. The monoisotopic (exact) mass is 448 g/mol. The number of likely N-dealkylation sites (N-methyl/N-ethyl adjacent to an activating group) is 1. The lowest BCUT2D eigenvalue weighted by atomic mass is 9.89. The maximum Gasteiger partial charge on any atom is 0.416 e. The number of aryl methyl sites for hydroxylation is 1. The minimum Gasteiger partial charge on any atom is -0.349 e. The van der Waals surface area contributed by atoms with Gasteiger partial charge in [-0.2, -0.15) is 26.3 Å². The number of alkyl halides is 6. The average molecular weight is 448 g/mol. The van der Waals surface area contributed by atoms with Gasteiger partial charge in [0.05, 0.1) is 11.1 Å². The SMILES string of the molecule is CN(C)CCNC(=O)c1cn2c(n1)CC[C@H](c1cc(C(F)(F)F)cc(C(F)(F)F)c1)C2.